The van der Waals surface area contributed by atoms with Gasteiger partial charge in [-0.3, -0.25) is 4.90 Å². The highest BCUT2D eigenvalue weighted by atomic mass is 19.1. The van der Waals surface area contributed by atoms with Crippen molar-refractivity contribution >= 4 is 0 Å². The zero-order valence-corrected chi connectivity index (χ0v) is 11.2. The van der Waals surface area contributed by atoms with E-state index in [-0.39, 0.29) is 11.9 Å². The third kappa shape index (κ3) is 2.35. The number of ether oxygens (including phenoxy) is 1. The summed E-state index contributed by atoms with van der Waals surface area (Å²) in [5, 5.41) is 0. The lowest BCUT2D eigenvalue weighted by Gasteiger charge is -2.21. The van der Waals surface area contributed by atoms with Crippen molar-refractivity contribution in [2.45, 2.75) is 19.4 Å². The Balaban J connectivity index is 2.35. The van der Waals surface area contributed by atoms with Gasteiger partial charge in [0.1, 0.15) is 11.6 Å². The van der Waals surface area contributed by atoms with Crippen LogP contribution in [0.4, 0.5) is 4.39 Å². The van der Waals surface area contributed by atoms with Gasteiger partial charge >= 0.3 is 0 Å². The van der Waals surface area contributed by atoms with Crippen LogP contribution in [0.25, 0.3) is 0 Å². The van der Waals surface area contributed by atoms with Crippen molar-refractivity contribution in [3.8, 4) is 5.75 Å². The van der Waals surface area contributed by atoms with Gasteiger partial charge in [-0.15, -0.1) is 0 Å². The molecule has 2 unspecified atom stereocenters. The summed E-state index contributed by atoms with van der Waals surface area (Å²) in [5.41, 5.74) is 7.08. The van der Waals surface area contributed by atoms with Crippen LogP contribution in [-0.2, 0) is 0 Å². The van der Waals surface area contributed by atoms with Crippen LogP contribution in [0.3, 0.4) is 0 Å². The molecule has 1 saturated heterocycles. The molecule has 0 aliphatic carbocycles. The molecule has 2 N–H and O–H groups in total. The molecule has 1 aliphatic heterocycles. The van der Waals surface area contributed by atoms with E-state index in [2.05, 4.69) is 4.90 Å². The van der Waals surface area contributed by atoms with Gasteiger partial charge < -0.3 is 10.5 Å². The number of hydrogen-bond acceptors (Lipinski definition) is 3. The maximum Gasteiger partial charge on any atom is 0.131 e. The number of aryl methyl sites for hydroxylation is 1. The third-order valence-corrected chi connectivity index (χ3v) is 3.82. The molecular weight excluding hydrogens is 231 g/mol. The molecule has 0 aromatic heterocycles. The largest absolute Gasteiger partial charge is 0.497 e. The summed E-state index contributed by atoms with van der Waals surface area (Å²) < 4.78 is 19.5. The van der Waals surface area contributed by atoms with Crippen LogP contribution in [0.1, 0.15) is 23.6 Å². The molecule has 100 valence electrons. The molecule has 3 nitrogen and oxygen atoms in total. The molecule has 18 heavy (non-hydrogen) atoms. The minimum Gasteiger partial charge on any atom is -0.497 e. The lowest BCUT2D eigenvalue weighted by molar-refractivity contribution is 0.305. The lowest BCUT2D eigenvalue weighted by Crippen LogP contribution is -2.21. The molecule has 1 aromatic rings. The maximum absolute atomic E-state index is 14.3. The van der Waals surface area contributed by atoms with E-state index in [1.165, 1.54) is 0 Å². The molecule has 0 spiro atoms. The zero-order chi connectivity index (χ0) is 13.3. The molecule has 4 heteroatoms. The van der Waals surface area contributed by atoms with E-state index < -0.39 is 0 Å². The number of nitrogens with two attached hydrogens (primary N) is 1. The Hall–Kier alpha value is -1.13. The fraction of sp³-hybridized carbons (Fsp3) is 0.571. The van der Waals surface area contributed by atoms with Gasteiger partial charge in [-0.25, -0.2) is 4.39 Å². The highest BCUT2D eigenvalue weighted by Gasteiger charge is 2.32. The summed E-state index contributed by atoms with van der Waals surface area (Å²) in [4.78, 5) is 2.18. The first-order chi connectivity index (χ1) is 8.56. The van der Waals surface area contributed by atoms with E-state index in [0.717, 1.165) is 18.5 Å². The fourth-order valence-electron chi connectivity index (χ4n) is 2.76. The number of likely N-dealkylation sites (tertiary alicyclic amines) is 1. The Morgan fingerprint density at radius 3 is 2.78 bits per heavy atom. The molecule has 1 aromatic carbocycles. The number of halogens is 1. The second-order valence-corrected chi connectivity index (χ2v) is 5.14. The lowest BCUT2D eigenvalue weighted by atomic mass is 9.97. The first-order valence-electron chi connectivity index (χ1n) is 6.31. The van der Waals surface area contributed by atoms with E-state index in [1.807, 2.05) is 13.1 Å². The SMILES string of the molecule is COc1cc(C)c(F)c(C2CC(CN)CN2C)c1. The molecule has 0 bridgehead atoms. The Morgan fingerprint density at radius 1 is 1.50 bits per heavy atom. The highest BCUT2D eigenvalue weighted by Crippen LogP contribution is 2.37. The van der Waals surface area contributed by atoms with Crippen molar-refractivity contribution in [3.63, 3.8) is 0 Å². The Kier molecular flexibility index (Phi) is 3.88. The van der Waals surface area contributed by atoms with Crippen LogP contribution in [-0.4, -0.2) is 32.1 Å². The predicted molar refractivity (Wildman–Crippen MR) is 70.2 cm³/mol. The van der Waals surface area contributed by atoms with Crippen LogP contribution < -0.4 is 10.5 Å². The van der Waals surface area contributed by atoms with Crippen molar-refractivity contribution in [2.75, 3.05) is 27.2 Å². The average molecular weight is 252 g/mol. The van der Waals surface area contributed by atoms with Gasteiger partial charge in [0.25, 0.3) is 0 Å². The average Bonchev–Trinajstić information content (AvgIpc) is 2.74. The second-order valence-electron chi connectivity index (χ2n) is 5.14. The first-order valence-corrected chi connectivity index (χ1v) is 6.31. The fourth-order valence-corrected chi connectivity index (χ4v) is 2.76. The molecule has 2 rings (SSSR count). The quantitative estimate of drug-likeness (QED) is 0.895. The topological polar surface area (TPSA) is 38.5 Å². The van der Waals surface area contributed by atoms with Crippen LogP contribution in [0.2, 0.25) is 0 Å². The Labute approximate surface area is 108 Å². The van der Waals surface area contributed by atoms with Crippen molar-refractivity contribution < 1.29 is 9.13 Å². The Morgan fingerprint density at radius 2 is 2.22 bits per heavy atom. The smallest absolute Gasteiger partial charge is 0.131 e. The Bertz CT molecular complexity index is 436. The van der Waals surface area contributed by atoms with Crippen LogP contribution in [0.5, 0.6) is 5.75 Å². The van der Waals surface area contributed by atoms with Gasteiger partial charge in [-0.1, -0.05) is 0 Å². The van der Waals surface area contributed by atoms with Gasteiger partial charge in [0.2, 0.25) is 0 Å². The van der Waals surface area contributed by atoms with Gasteiger partial charge in [0, 0.05) is 18.2 Å². The molecule has 2 atom stereocenters. The minimum atomic E-state index is -0.120. The van der Waals surface area contributed by atoms with E-state index in [1.54, 1.807) is 20.1 Å². The molecule has 0 radical (unpaired) electrons. The van der Waals surface area contributed by atoms with Crippen LogP contribution >= 0.6 is 0 Å². The van der Waals surface area contributed by atoms with Crippen molar-refractivity contribution in [3.05, 3.63) is 29.1 Å². The molecule has 1 fully saturated rings. The summed E-state index contributed by atoms with van der Waals surface area (Å²) in [5.74, 6) is 1.05. The first kappa shape index (κ1) is 13.3. The molecular formula is C14H21FN2O. The van der Waals surface area contributed by atoms with Crippen molar-refractivity contribution in [2.24, 2.45) is 11.7 Å². The van der Waals surface area contributed by atoms with Gasteiger partial charge in [0.05, 0.1) is 7.11 Å². The molecule has 1 aliphatic rings. The van der Waals surface area contributed by atoms with Gasteiger partial charge in [-0.2, -0.15) is 0 Å². The molecule has 0 amide bonds. The van der Waals surface area contributed by atoms with Gasteiger partial charge in [-0.05, 0) is 50.6 Å². The summed E-state index contributed by atoms with van der Waals surface area (Å²) in [7, 11) is 3.63. The third-order valence-electron chi connectivity index (χ3n) is 3.82. The molecule has 0 saturated carbocycles. The van der Waals surface area contributed by atoms with Crippen LogP contribution in [0, 0.1) is 18.7 Å². The van der Waals surface area contributed by atoms with E-state index in [4.69, 9.17) is 10.5 Å². The zero-order valence-electron chi connectivity index (χ0n) is 11.2. The number of hydrogen-bond donors (Lipinski definition) is 1. The summed E-state index contributed by atoms with van der Waals surface area (Å²) >= 11 is 0. The van der Waals surface area contributed by atoms with Crippen molar-refractivity contribution in [1.82, 2.24) is 4.90 Å². The van der Waals surface area contributed by atoms with Gasteiger partial charge in [0.15, 0.2) is 0 Å². The number of methoxy groups -OCH3 is 1. The number of rotatable bonds is 3. The van der Waals surface area contributed by atoms with E-state index in [9.17, 15) is 4.39 Å². The maximum atomic E-state index is 14.3. The molecule has 1 heterocycles. The standard InChI is InChI=1S/C14H21FN2O/c1-9-4-11(18-3)6-12(14(9)15)13-5-10(7-16)8-17(13)2/h4,6,10,13H,5,7-8,16H2,1-3H3. The number of benzene rings is 1. The minimum absolute atomic E-state index is 0.104. The highest BCUT2D eigenvalue weighted by molar-refractivity contribution is 5.37. The van der Waals surface area contributed by atoms with E-state index >= 15 is 0 Å². The predicted octanol–water partition coefficient (Wildman–Crippen LogP) is 2.09. The summed E-state index contributed by atoms with van der Waals surface area (Å²) in [6, 6.07) is 3.64. The van der Waals surface area contributed by atoms with E-state index in [0.29, 0.717) is 23.8 Å². The second kappa shape index (κ2) is 5.24. The normalized spacial score (nSPS) is 24.5. The van der Waals surface area contributed by atoms with Crippen LogP contribution in [0.15, 0.2) is 12.1 Å². The van der Waals surface area contributed by atoms with Crippen molar-refractivity contribution in [1.29, 1.82) is 0 Å². The number of nitrogens with zero attached hydrogens (tertiary/aromatic N) is 1. The monoisotopic (exact) mass is 252 g/mol. The summed E-state index contributed by atoms with van der Waals surface area (Å²) in [6.07, 6.45) is 0.913. The summed E-state index contributed by atoms with van der Waals surface area (Å²) in [6.45, 7) is 3.36.